The van der Waals surface area contributed by atoms with Gasteiger partial charge in [-0.2, -0.15) is 0 Å². The maximum atomic E-state index is 12.7. The maximum absolute atomic E-state index is 12.7. The molecule has 35 heavy (non-hydrogen) atoms. The number of hydrogen-bond donors (Lipinski definition) is 2. The summed E-state index contributed by atoms with van der Waals surface area (Å²) >= 11 is 0. The molecule has 0 bridgehead atoms. The Morgan fingerprint density at radius 3 is 2.69 bits per heavy atom. The monoisotopic (exact) mass is 466 g/mol. The van der Waals surface area contributed by atoms with E-state index in [2.05, 4.69) is 15.3 Å². The van der Waals surface area contributed by atoms with Gasteiger partial charge in [0.1, 0.15) is 11.4 Å². The van der Waals surface area contributed by atoms with Crippen molar-refractivity contribution in [3.63, 3.8) is 0 Å². The number of benzene rings is 3. The Morgan fingerprint density at radius 1 is 1.09 bits per heavy atom. The summed E-state index contributed by atoms with van der Waals surface area (Å²) in [5.41, 5.74) is 5.62. The average molecular weight is 467 g/mol. The van der Waals surface area contributed by atoms with Crippen molar-refractivity contribution in [2.75, 3.05) is 13.7 Å². The molecule has 5 aromatic rings. The highest BCUT2D eigenvalue weighted by Gasteiger charge is 2.11. The molecule has 7 nitrogen and oxygen atoms in total. The summed E-state index contributed by atoms with van der Waals surface area (Å²) in [5.74, 6) is 0.677. The summed E-state index contributed by atoms with van der Waals surface area (Å²) in [6, 6.07) is 20.9. The molecule has 1 amide bonds. The zero-order chi connectivity index (χ0) is 24.4. The van der Waals surface area contributed by atoms with Gasteiger partial charge in [-0.3, -0.25) is 9.59 Å². The van der Waals surface area contributed by atoms with Gasteiger partial charge in [-0.15, -0.1) is 0 Å². The van der Waals surface area contributed by atoms with Crippen LogP contribution >= 0.6 is 0 Å². The Hall–Kier alpha value is -4.39. The Kier molecular flexibility index (Phi) is 6.06. The van der Waals surface area contributed by atoms with E-state index in [1.54, 1.807) is 30.7 Å². The Balaban J connectivity index is 1.25. The molecule has 7 heteroatoms. The number of para-hydroxylation sites is 2. The van der Waals surface area contributed by atoms with Gasteiger partial charge < -0.3 is 19.6 Å². The van der Waals surface area contributed by atoms with Crippen LogP contribution in [0.1, 0.15) is 27.2 Å². The molecular weight excluding hydrogens is 440 g/mol. The number of aryl methyl sites for hydroxylation is 1. The zero-order valence-corrected chi connectivity index (χ0v) is 19.7. The van der Waals surface area contributed by atoms with Crippen molar-refractivity contribution in [2.24, 2.45) is 0 Å². The lowest BCUT2D eigenvalue weighted by molar-refractivity contribution is 0.0954. The minimum atomic E-state index is -0.128. The molecule has 0 aliphatic rings. The van der Waals surface area contributed by atoms with Gasteiger partial charge in [0, 0.05) is 29.2 Å². The second kappa shape index (κ2) is 9.46. The fourth-order valence-corrected chi connectivity index (χ4v) is 4.33. The number of hydrogen-bond acceptors (Lipinski definition) is 4. The molecule has 5 rings (SSSR count). The third kappa shape index (κ3) is 4.53. The predicted octanol–water partition coefficient (Wildman–Crippen LogP) is 4.22. The van der Waals surface area contributed by atoms with Crippen LogP contribution in [-0.2, 0) is 13.0 Å². The molecule has 3 aromatic carbocycles. The summed E-state index contributed by atoms with van der Waals surface area (Å²) in [6.07, 6.45) is 2.67. The molecular formula is C28H26N4O3. The number of nitrogens with one attached hydrogen (secondary N) is 2. The van der Waals surface area contributed by atoms with E-state index in [0.717, 1.165) is 38.8 Å². The standard InChI is InChI=1S/C28H26N4O3/c1-18-28(34)32(26-6-4-3-5-25(26)31-18)17-19-7-9-20(10-8-19)27(33)29-14-13-21-16-30-24-12-11-22(35-2)15-23(21)24/h3-12,15-16,30H,13-14,17H2,1-2H3,(H,29,33). The Labute approximate surface area is 202 Å². The molecule has 0 saturated heterocycles. The number of H-pyrrole nitrogens is 1. The minimum absolute atomic E-state index is 0.111. The fourth-order valence-electron chi connectivity index (χ4n) is 4.33. The predicted molar refractivity (Wildman–Crippen MR) is 137 cm³/mol. The quantitative estimate of drug-likeness (QED) is 0.376. The number of methoxy groups -OCH3 is 1. The summed E-state index contributed by atoms with van der Waals surface area (Å²) in [7, 11) is 1.65. The number of carbonyl (C=O) groups excluding carboxylic acids is 1. The molecule has 2 N–H and O–H groups in total. The van der Waals surface area contributed by atoms with Crippen molar-refractivity contribution in [3.05, 3.63) is 106 Å². The van der Waals surface area contributed by atoms with E-state index < -0.39 is 0 Å². The average Bonchev–Trinajstić information content (AvgIpc) is 3.29. The van der Waals surface area contributed by atoms with Crippen LogP contribution in [0.25, 0.3) is 21.9 Å². The second-order valence-corrected chi connectivity index (χ2v) is 8.51. The molecule has 0 saturated carbocycles. The van der Waals surface area contributed by atoms with Crippen LogP contribution in [0.5, 0.6) is 5.75 Å². The van der Waals surface area contributed by atoms with E-state index in [9.17, 15) is 9.59 Å². The number of aromatic amines is 1. The van der Waals surface area contributed by atoms with Gasteiger partial charge in [0.05, 0.1) is 24.7 Å². The van der Waals surface area contributed by atoms with Gasteiger partial charge in [-0.05, 0) is 66.9 Å². The van der Waals surface area contributed by atoms with E-state index in [0.29, 0.717) is 30.8 Å². The highest BCUT2D eigenvalue weighted by molar-refractivity contribution is 5.94. The van der Waals surface area contributed by atoms with Crippen LogP contribution in [0, 0.1) is 6.92 Å². The van der Waals surface area contributed by atoms with Crippen molar-refractivity contribution >= 4 is 27.8 Å². The fraction of sp³-hybridized carbons (Fsp3) is 0.179. The van der Waals surface area contributed by atoms with Gasteiger partial charge in [-0.1, -0.05) is 24.3 Å². The van der Waals surface area contributed by atoms with Crippen molar-refractivity contribution in [1.82, 2.24) is 19.9 Å². The number of carbonyl (C=O) groups is 1. The number of nitrogens with zero attached hydrogens (tertiary/aromatic N) is 2. The van der Waals surface area contributed by atoms with Gasteiger partial charge in [0.15, 0.2) is 0 Å². The molecule has 0 aliphatic carbocycles. The van der Waals surface area contributed by atoms with Crippen LogP contribution in [0.15, 0.2) is 77.7 Å². The normalized spacial score (nSPS) is 11.1. The van der Waals surface area contributed by atoms with E-state index in [-0.39, 0.29) is 11.5 Å². The van der Waals surface area contributed by atoms with E-state index >= 15 is 0 Å². The highest BCUT2D eigenvalue weighted by atomic mass is 16.5. The molecule has 2 heterocycles. The maximum Gasteiger partial charge on any atom is 0.272 e. The largest absolute Gasteiger partial charge is 0.497 e. The van der Waals surface area contributed by atoms with Crippen LogP contribution in [-0.4, -0.2) is 34.1 Å². The van der Waals surface area contributed by atoms with E-state index in [1.807, 2.05) is 60.8 Å². The van der Waals surface area contributed by atoms with E-state index in [1.165, 1.54) is 0 Å². The van der Waals surface area contributed by atoms with Gasteiger partial charge in [-0.25, -0.2) is 4.98 Å². The van der Waals surface area contributed by atoms with E-state index in [4.69, 9.17) is 4.74 Å². The molecule has 0 fully saturated rings. The van der Waals surface area contributed by atoms with Crippen LogP contribution in [0.2, 0.25) is 0 Å². The molecule has 0 aliphatic heterocycles. The van der Waals surface area contributed by atoms with Crippen molar-refractivity contribution in [1.29, 1.82) is 0 Å². The Morgan fingerprint density at radius 2 is 1.89 bits per heavy atom. The van der Waals surface area contributed by atoms with Crippen LogP contribution in [0.3, 0.4) is 0 Å². The molecule has 2 aromatic heterocycles. The number of ether oxygens (including phenoxy) is 1. The van der Waals surface area contributed by atoms with Gasteiger partial charge in [0.2, 0.25) is 0 Å². The van der Waals surface area contributed by atoms with Crippen molar-refractivity contribution in [3.8, 4) is 5.75 Å². The lowest BCUT2D eigenvalue weighted by Crippen LogP contribution is -2.26. The van der Waals surface area contributed by atoms with Gasteiger partial charge in [0.25, 0.3) is 11.5 Å². The molecule has 0 spiro atoms. The first-order chi connectivity index (χ1) is 17.0. The van der Waals surface area contributed by atoms with Crippen LogP contribution in [0.4, 0.5) is 0 Å². The first-order valence-electron chi connectivity index (χ1n) is 11.5. The molecule has 176 valence electrons. The summed E-state index contributed by atoms with van der Waals surface area (Å²) < 4.78 is 7.05. The van der Waals surface area contributed by atoms with Crippen molar-refractivity contribution < 1.29 is 9.53 Å². The topological polar surface area (TPSA) is 89.0 Å². The Bertz CT molecular complexity index is 1580. The SMILES string of the molecule is COc1ccc2[nH]cc(CCNC(=O)c3ccc(Cn4c(=O)c(C)nc5ccccc54)cc3)c2c1. The number of aromatic nitrogens is 3. The third-order valence-electron chi connectivity index (χ3n) is 6.23. The number of rotatable bonds is 7. The molecule has 0 unspecified atom stereocenters. The molecule has 0 atom stereocenters. The van der Waals surface area contributed by atoms with Crippen LogP contribution < -0.4 is 15.6 Å². The third-order valence-corrected chi connectivity index (χ3v) is 6.23. The lowest BCUT2D eigenvalue weighted by Gasteiger charge is -2.12. The van der Waals surface area contributed by atoms with Crippen molar-refractivity contribution in [2.45, 2.75) is 19.9 Å². The summed E-state index contributed by atoms with van der Waals surface area (Å²) in [6.45, 7) is 2.66. The highest BCUT2D eigenvalue weighted by Crippen LogP contribution is 2.23. The summed E-state index contributed by atoms with van der Waals surface area (Å²) in [4.78, 5) is 33.1. The second-order valence-electron chi connectivity index (χ2n) is 8.51. The smallest absolute Gasteiger partial charge is 0.272 e. The lowest BCUT2D eigenvalue weighted by atomic mass is 10.1. The molecule has 0 radical (unpaired) electrons. The number of amides is 1. The summed E-state index contributed by atoms with van der Waals surface area (Å²) in [5, 5.41) is 4.09. The minimum Gasteiger partial charge on any atom is -0.497 e. The first-order valence-corrected chi connectivity index (χ1v) is 11.5. The number of fused-ring (bicyclic) bond motifs is 2. The first kappa shape index (κ1) is 22.4. The zero-order valence-electron chi connectivity index (χ0n) is 19.7. The van der Waals surface area contributed by atoms with Gasteiger partial charge >= 0.3 is 0 Å².